The van der Waals surface area contributed by atoms with E-state index in [-0.39, 0.29) is 12.1 Å². The van der Waals surface area contributed by atoms with Crippen LogP contribution < -0.4 is 0 Å². The standard InChI is InChI=1S/C14H17N3O2/c1-10(2)19-14(18)13-9-12-11(5-8-16(12)3)17(13)7-4-6-15/h5,8-10H,4,7H2,1-3H3. The summed E-state index contributed by atoms with van der Waals surface area (Å²) in [6.45, 7) is 4.13. The molecular formula is C14H17N3O2. The summed E-state index contributed by atoms with van der Waals surface area (Å²) in [5.41, 5.74) is 2.42. The maximum Gasteiger partial charge on any atom is 0.355 e. The molecule has 19 heavy (non-hydrogen) atoms. The number of rotatable bonds is 4. The summed E-state index contributed by atoms with van der Waals surface area (Å²) < 4.78 is 9.04. The third-order valence-corrected chi connectivity index (χ3v) is 2.95. The molecule has 5 heteroatoms. The van der Waals surface area contributed by atoms with Gasteiger partial charge in [-0.15, -0.1) is 0 Å². The second kappa shape index (κ2) is 5.19. The van der Waals surface area contributed by atoms with Crippen LogP contribution in [0.4, 0.5) is 0 Å². The smallest absolute Gasteiger partial charge is 0.355 e. The largest absolute Gasteiger partial charge is 0.458 e. The van der Waals surface area contributed by atoms with E-state index in [1.807, 2.05) is 48.4 Å². The molecule has 100 valence electrons. The van der Waals surface area contributed by atoms with Gasteiger partial charge in [-0.3, -0.25) is 0 Å². The van der Waals surface area contributed by atoms with Gasteiger partial charge in [0.2, 0.25) is 0 Å². The van der Waals surface area contributed by atoms with Gasteiger partial charge in [0.15, 0.2) is 0 Å². The molecule has 0 atom stereocenters. The molecule has 5 nitrogen and oxygen atoms in total. The zero-order valence-electron chi connectivity index (χ0n) is 11.4. The summed E-state index contributed by atoms with van der Waals surface area (Å²) in [7, 11) is 1.93. The van der Waals surface area contributed by atoms with Gasteiger partial charge in [-0.2, -0.15) is 5.26 Å². The van der Waals surface area contributed by atoms with Crippen LogP contribution >= 0.6 is 0 Å². The number of ether oxygens (including phenoxy) is 1. The normalized spacial score (nSPS) is 10.9. The first-order valence-electron chi connectivity index (χ1n) is 6.27. The number of aryl methyl sites for hydroxylation is 2. The lowest BCUT2D eigenvalue weighted by atomic mass is 10.4. The van der Waals surface area contributed by atoms with Crippen LogP contribution in [0.3, 0.4) is 0 Å². The molecule has 0 radical (unpaired) electrons. The first-order chi connectivity index (χ1) is 9.04. The van der Waals surface area contributed by atoms with Gasteiger partial charge < -0.3 is 13.9 Å². The second-order valence-corrected chi connectivity index (χ2v) is 4.74. The van der Waals surface area contributed by atoms with E-state index >= 15 is 0 Å². The van der Waals surface area contributed by atoms with E-state index < -0.39 is 0 Å². The van der Waals surface area contributed by atoms with Crippen LogP contribution in [-0.4, -0.2) is 21.2 Å². The Bertz CT molecular complexity index is 643. The summed E-state index contributed by atoms with van der Waals surface area (Å²) in [5.74, 6) is -0.343. The van der Waals surface area contributed by atoms with Crippen LogP contribution in [0.15, 0.2) is 18.3 Å². The third kappa shape index (κ3) is 2.48. The molecule has 0 amide bonds. The summed E-state index contributed by atoms with van der Waals surface area (Å²) in [6.07, 6.45) is 2.14. The lowest BCUT2D eigenvalue weighted by Gasteiger charge is -2.10. The minimum Gasteiger partial charge on any atom is -0.458 e. The van der Waals surface area contributed by atoms with Crippen molar-refractivity contribution in [2.75, 3.05) is 0 Å². The Kier molecular flexibility index (Phi) is 3.61. The van der Waals surface area contributed by atoms with Crippen molar-refractivity contribution in [3.8, 4) is 6.07 Å². The number of carbonyl (C=O) groups excluding carboxylic acids is 1. The van der Waals surface area contributed by atoms with Crippen molar-refractivity contribution in [3.63, 3.8) is 0 Å². The van der Waals surface area contributed by atoms with Gasteiger partial charge in [-0.1, -0.05) is 0 Å². The molecular weight excluding hydrogens is 242 g/mol. The van der Waals surface area contributed by atoms with E-state index in [0.29, 0.717) is 18.7 Å². The predicted molar refractivity (Wildman–Crippen MR) is 71.7 cm³/mol. The van der Waals surface area contributed by atoms with Gasteiger partial charge in [0.25, 0.3) is 0 Å². The number of carbonyl (C=O) groups is 1. The molecule has 0 saturated heterocycles. The van der Waals surface area contributed by atoms with Gasteiger partial charge in [-0.05, 0) is 26.0 Å². The molecule has 0 unspecified atom stereocenters. The molecule has 0 bridgehead atoms. The van der Waals surface area contributed by atoms with Crippen molar-refractivity contribution in [1.29, 1.82) is 5.26 Å². The topological polar surface area (TPSA) is 59.9 Å². The molecule has 0 saturated carbocycles. The number of esters is 1. The molecule has 2 aromatic rings. The van der Waals surface area contributed by atoms with E-state index in [0.717, 1.165) is 11.0 Å². The summed E-state index contributed by atoms with van der Waals surface area (Å²) >= 11 is 0. The molecule has 2 heterocycles. The first kappa shape index (κ1) is 13.2. The molecule has 0 aliphatic heterocycles. The van der Waals surface area contributed by atoms with Crippen molar-refractivity contribution in [2.45, 2.75) is 32.9 Å². The minimum atomic E-state index is -0.343. The average molecular weight is 259 g/mol. The fourth-order valence-corrected chi connectivity index (χ4v) is 2.12. The Morgan fingerprint density at radius 1 is 1.47 bits per heavy atom. The van der Waals surface area contributed by atoms with Crippen molar-refractivity contribution < 1.29 is 9.53 Å². The van der Waals surface area contributed by atoms with Gasteiger partial charge >= 0.3 is 5.97 Å². The van der Waals surface area contributed by atoms with E-state index in [1.54, 1.807) is 0 Å². The summed E-state index contributed by atoms with van der Waals surface area (Å²) in [6, 6.07) is 5.86. The SMILES string of the molecule is CC(C)OC(=O)c1cc2c(ccn2C)n1CCC#N. The first-order valence-corrected chi connectivity index (χ1v) is 6.27. The average Bonchev–Trinajstić information content (AvgIpc) is 2.87. The van der Waals surface area contributed by atoms with Crippen LogP contribution in [0.25, 0.3) is 11.0 Å². The van der Waals surface area contributed by atoms with E-state index in [1.165, 1.54) is 0 Å². The van der Waals surface area contributed by atoms with Crippen LogP contribution in [0, 0.1) is 11.3 Å². The Hall–Kier alpha value is -2.22. The molecule has 2 rings (SSSR count). The van der Waals surface area contributed by atoms with E-state index in [2.05, 4.69) is 6.07 Å². The van der Waals surface area contributed by atoms with E-state index in [4.69, 9.17) is 10.00 Å². The molecule has 2 aromatic heterocycles. The van der Waals surface area contributed by atoms with Gasteiger partial charge in [0, 0.05) is 19.8 Å². The van der Waals surface area contributed by atoms with Crippen molar-refractivity contribution >= 4 is 17.0 Å². The highest BCUT2D eigenvalue weighted by atomic mass is 16.5. The lowest BCUT2D eigenvalue weighted by Crippen LogP contribution is -2.16. The zero-order valence-corrected chi connectivity index (χ0v) is 11.4. The Labute approximate surface area is 112 Å². The highest BCUT2D eigenvalue weighted by Crippen LogP contribution is 2.22. The lowest BCUT2D eigenvalue weighted by molar-refractivity contribution is 0.0366. The molecule has 0 fully saturated rings. The van der Waals surface area contributed by atoms with Crippen LogP contribution in [0.5, 0.6) is 0 Å². The van der Waals surface area contributed by atoms with Crippen molar-refractivity contribution in [3.05, 3.63) is 24.0 Å². The van der Waals surface area contributed by atoms with Crippen molar-refractivity contribution in [1.82, 2.24) is 9.13 Å². The minimum absolute atomic E-state index is 0.157. The number of nitriles is 1. The highest BCUT2D eigenvalue weighted by Gasteiger charge is 2.19. The number of hydrogen-bond acceptors (Lipinski definition) is 3. The maximum atomic E-state index is 12.1. The molecule has 0 spiro atoms. The fraction of sp³-hybridized carbons (Fsp3) is 0.429. The number of fused-ring (bicyclic) bond motifs is 1. The highest BCUT2D eigenvalue weighted by molar-refractivity contribution is 5.95. The molecule has 0 N–H and O–H groups in total. The Balaban J connectivity index is 2.46. The zero-order chi connectivity index (χ0) is 14.0. The molecule has 0 aliphatic carbocycles. The Morgan fingerprint density at radius 3 is 2.84 bits per heavy atom. The van der Waals surface area contributed by atoms with Crippen LogP contribution in [0.2, 0.25) is 0 Å². The summed E-state index contributed by atoms with van der Waals surface area (Å²) in [4.78, 5) is 12.1. The quantitative estimate of drug-likeness (QED) is 0.792. The van der Waals surface area contributed by atoms with Gasteiger partial charge in [-0.25, -0.2) is 4.79 Å². The molecule has 0 aliphatic rings. The predicted octanol–water partition coefficient (Wildman–Crippen LogP) is 2.46. The van der Waals surface area contributed by atoms with Gasteiger partial charge in [0.1, 0.15) is 5.69 Å². The monoisotopic (exact) mass is 259 g/mol. The maximum absolute atomic E-state index is 12.1. The Morgan fingerprint density at radius 2 is 2.21 bits per heavy atom. The number of hydrogen-bond donors (Lipinski definition) is 0. The third-order valence-electron chi connectivity index (χ3n) is 2.95. The van der Waals surface area contributed by atoms with Crippen molar-refractivity contribution in [2.24, 2.45) is 7.05 Å². The van der Waals surface area contributed by atoms with E-state index in [9.17, 15) is 4.79 Å². The van der Waals surface area contributed by atoms with Gasteiger partial charge in [0.05, 0.1) is 29.6 Å². The number of nitrogens with zero attached hydrogens (tertiary/aromatic N) is 3. The number of aromatic nitrogens is 2. The van der Waals surface area contributed by atoms with Crippen LogP contribution in [-0.2, 0) is 18.3 Å². The molecule has 0 aromatic carbocycles. The van der Waals surface area contributed by atoms with Crippen LogP contribution in [0.1, 0.15) is 30.8 Å². The second-order valence-electron chi connectivity index (χ2n) is 4.74. The fourth-order valence-electron chi connectivity index (χ4n) is 2.12. The summed E-state index contributed by atoms with van der Waals surface area (Å²) in [5, 5.41) is 8.73.